The van der Waals surface area contributed by atoms with Crippen molar-refractivity contribution in [1.29, 1.82) is 0 Å². The molecule has 5 heteroatoms. The molecule has 28 heavy (non-hydrogen) atoms. The predicted molar refractivity (Wildman–Crippen MR) is 101 cm³/mol. The van der Waals surface area contributed by atoms with Gasteiger partial charge in [-0.15, -0.1) is 0 Å². The van der Waals surface area contributed by atoms with Gasteiger partial charge in [0, 0.05) is 18.8 Å². The van der Waals surface area contributed by atoms with Crippen molar-refractivity contribution < 1.29 is 23.9 Å². The summed E-state index contributed by atoms with van der Waals surface area (Å²) >= 11 is 0. The van der Waals surface area contributed by atoms with Crippen molar-refractivity contribution in [1.82, 2.24) is 0 Å². The minimum absolute atomic E-state index is 0.0120. The molecule has 0 radical (unpaired) electrons. The number of carbonyl (C=O) groups is 3. The van der Waals surface area contributed by atoms with E-state index in [0.717, 1.165) is 38.5 Å². The van der Waals surface area contributed by atoms with Crippen LogP contribution in [0, 0.1) is 28.6 Å². The average Bonchev–Trinajstić information content (AvgIpc) is 3.32. The number of hydrogen-bond acceptors (Lipinski definition) is 5. The molecular weight excluding hydrogens is 356 g/mol. The van der Waals surface area contributed by atoms with Crippen LogP contribution in [0.15, 0.2) is 11.6 Å². The highest BCUT2D eigenvalue weighted by atomic mass is 16.6. The molecular formula is C23H30O5. The van der Waals surface area contributed by atoms with Gasteiger partial charge in [0.1, 0.15) is 0 Å². The molecule has 0 N–H and O–H groups in total. The van der Waals surface area contributed by atoms with E-state index in [0.29, 0.717) is 24.2 Å². The molecule has 0 aromatic carbocycles. The number of rotatable bonds is 3. The standard InChI is InChI=1S/C23H30O5/c1-13(24)27-12-19(26)23-20(28-23)11-18-16-5-4-14-10-15(25)6-8-21(14,2)17(16)7-9-22(18,23)3/h10,16-18,20H,4-9,11-12H2,1-3H3/t16-,17+,18+,20+,21+,22+,23-/m1/s1. The van der Waals surface area contributed by atoms with Crippen molar-refractivity contribution in [2.24, 2.45) is 28.6 Å². The normalized spacial score (nSPS) is 48.5. The fourth-order valence-corrected chi connectivity index (χ4v) is 7.75. The Hall–Kier alpha value is -1.49. The molecule has 7 atom stereocenters. The van der Waals surface area contributed by atoms with Crippen molar-refractivity contribution in [3.63, 3.8) is 0 Å². The number of carbonyl (C=O) groups excluding carboxylic acids is 3. The second kappa shape index (κ2) is 5.78. The maximum atomic E-state index is 13.0. The van der Waals surface area contributed by atoms with E-state index in [1.807, 2.05) is 6.08 Å². The third-order valence-electron chi connectivity index (χ3n) is 9.21. The topological polar surface area (TPSA) is 73.0 Å². The third-order valence-corrected chi connectivity index (χ3v) is 9.21. The zero-order valence-electron chi connectivity index (χ0n) is 17.1. The van der Waals surface area contributed by atoms with Crippen LogP contribution in [0.1, 0.15) is 65.7 Å². The monoisotopic (exact) mass is 386 g/mol. The van der Waals surface area contributed by atoms with E-state index in [1.54, 1.807) is 0 Å². The van der Waals surface area contributed by atoms with E-state index in [2.05, 4.69) is 13.8 Å². The van der Waals surface area contributed by atoms with Crippen molar-refractivity contribution in [2.45, 2.75) is 77.4 Å². The minimum Gasteiger partial charge on any atom is -0.458 e. The first kappa shape index (κ1) is 18.5. The Morgan fingerprint density at radius 1 is 1.18 bits per heavy atom. The Morgan fingerprint density at radius 2 is 1.96 bits per heavy atom. The molecule has 1 saturated heterocycles. The Morgan fingerprint density at radius 3 is 2.71 bits per heavy atom. The van der Waals surface area contributed by atoms with Gasteiger partial charge in [0.25, 0.3) is 0 Å². The molecule has 152 valence electrons. The maximum absolute atomic E-state index is 13.0. The lowest BCUT2D eigenvalue weighted by atomic mass is 9.46. The molecule has 0 aromatic heterocycles. The Balaban J connectivity index is 1.42. The number of fused-ring (bicyclic) bond motifs is 7. The molecule has 4 aliphatic carbocycles. The van der Waals surface area contributed by atoms with E-state index in [9.17, 15) is 14.4 Å². The maximum Gasteiger partial charge on any atom is 0.303 e. The van der Waals surface area contributed by atoms with Gasteiger partial charge >= 0.3 is 5.97 Å². The first-order valence-corrected chi connectivity index (χ1v) is 10.8. The van der Waals surface area contributed by atoms with Crippen LogP contribution in [0.25, 0.3) is 0 Å². The van der Waals surface area contributed by atoms with Crippen molar-refractivity contribution in [2.75, 3.05) is 6.61 Å². The second-order valence-corrected chi connectivity index (χ2v) is 10.2. The number of ether oxygens (including phenoxy) is 2. The van der Waals surface area contributed by atoms with Gasteiger partial charge in [-0.1, -0.05) is 19.4 Å². The highest BCUT2D eigenvalue weighted by molar-refractivity contribution is 5.94. The van der Waals surface area contributed by atoms with E-state index in [4.69, 9.17) is 9.47 Å². The summed E-state index contributed by atoms with van der Waals surface area (Å²) in [5, 5.41) is 0. The highest BCUT2D eigenvalue weighted by Gasteiger charge is 2.80. The molecule has 1 heterocycles. The molecule has 0 amide bonds. The van der Waals surface area contributed by atoms with E-state index < -0.39 is 11.6 Å². The lowest BCUT2D eigenvalue weighted by Crippen LogP contribution is -2.55. The molecule has 5 nitrogen and oxygen atoms in total. The van der Waals surface area contributed by atoms with E-state index >= 15 is 0 Å². The van der Waals surface area contributed by atoms with Crippen LogP contribution in [0.3, 0.4) is 0 Å². The number of Topliss-reactive ketones (excluding diaryl/α,β-unsaturated/α-hetero) is 1. The van der Waals surface area contributed by atoms with E-state index in [1.165, 1.54) is 12.5 Å². The molecule has 4 fully saturated rings. The van der Waals surface area contributed by atoms with Gasteiger partial charge in [0.05, 0.1) is 6.10 Å². The van der Waals surface area contributed by atoms with Crippen molar-refractivity contribution >= 4 is 17.5 Å². The van der Waals surface area contributed by atoms with Crippen molar-refractivity contribution in [3.05, 3.63) is 11.6 Å². The van der Waals surface area contributed by atoms with Gasteiger partial charge in [0.15, 0.2) is 18.0 Å². The summed E-state index contributed by atoms with van der Waals surface area (Å²) in [6.07, 6.45) is 8.68. The van der Waals surface area contributed by atoms with Gasteiger partial charge < -0.3 is 9.47 Å². The minimum atomic E-state index is -0.738. The Kier molecular flexibility index (Phi) is 3.82. The van der Waals surface area contributed by atoms with Crippen molar-refractivity contribution in [3.8, 4) is 0 Å². The van der Waals surface area contributed by atoms with Crippen LogP contribution in [-0.4, -0.2) is 35.8 Å². The quantitative estimate of drug-likeness (QED) is 0.549. The van der Waals surface area contributed by atoms with Gasteiger partial charge in [-0.2, -0.15) is 0 Å². The van der Waals surface area contributed by atoms with Crippen LogP contribution < -0.4 is 0 Å². The summed E-state index contributed by atoms with van der Waals surface area (Å²) in [6, 6.07) is 0. The number of epoxide rings is 1. The summed E-state index contributed by atoms with van der Waals surface area (Å²) in [5.41, 5.74) is 0.602. The Bertz CT molecular complexity index is 799. The SMILES string of the molecule is CC(=O)OCC(=O)[C@@]12O[C@H]1C[C@H]1[C@@H]3CCC4=CC(=O)CC[C@]4(C)[C@H]3CC[C@@]12C. The lowest BCUT2D eigenvalue weighted by molar-refractivity contribution is -0.152. The van der Waals surface area contributed by atoms with Gasteiger partial charge in [-0.3, -0.25) is 14.4 Å². The lowest BCUT2D eigenvalue weighted by Gasteiger charge is -2.58. The molecule has 0 unspecified atom stereocenters. The zero-order valence-corrected chi connectivity index (χ0v) is 17.1. The first-order valence-electron chi connectivity index (χ1n) is 10.8. The van der Waals surface area contributed by atoms with Gasteiger partial charge in [0.2, 0.25) is 5.78 Å². The number of allylic oxidation sites excluding steroid dienone is 1. The highest BCUT2D eigenvalue weighted by Crippen LogP contribution is 2.73. The molecule has 0 bridgehead atoms. The molecule has 1 aliphatic heterocycles. The van der Waals surface area contributed by atoms with Crippen LogP contribution in [0.5, 0.6) is 0 Å². The fraction of sp³-hybridized carbons (Fsp3) is 0.783. The van der Waals surface area contributed by atoms with Crippen LogP contribution in [0.4, 0.5) is 0 Å². The molecule has 3 saturated carbocycles. The zero-order chi connectivity index (χ0) is 19.9. The smallest absolute Gasteiger partial charge is 0.303 e. The molecule has 5 aliphatic rings. The van der Waals surface area contributed by atoms with Crippen LogP contribution in [-0.2, 0) is 23.9 Å². The molecule has 0 spiro atoms. The number of esters is 1. The summed E-state index contributed by atoms with van der Waals surface area (Å²) in [4.78, 5) is 36.2. The van der Waals surface area contributed by atoms with Crippen LogP contribution >= 0.6 is 0 Å². The molecule has 0 aromatic rings. The largest absolute Gasteiger partial charge is 0.458 e. The number of hydrogen-bond donors (Lipinski definition) is 0. The average molecular weight is 386 g/mol. The first-order chi connectivity index (χ1) is 13.2. The Labute approximate surface area is 166 Å². The third kappa shape index (κ3) is 2.20. The van der Waals surface area contributed by atoms with Crippen LogP contribution in [0.2, 0.25) is 0 Å². The summed E-state index contributed by atoms with van der Waals surface area (Å²) < 4.78 is 11.1. The summed E-state index contributed by atoms with van der Waals surface area (Å²) in [7, 11) is 0. The van der Waals surface area contributed by atoms with Gasteiger partial charge in [-0.25, -0.2) is 0 Å². The van der Waals surface area contributed by atoms with E-state index in [-0.39, 0.29) is 35.1 Å². The second-order valence-electron chi connectivity index (χ2n) is 10.2. The number of ketones is 2. The predicted octanol–water partition coefficient (Wildman–Crippen LogP) is 3.40. The molecule has 5 rings (SSSR count). The summed E-state index contributed by atoms with van der Waals surface area (Å²) in [6.45, 7) is 5.78. The van der Waals surface area contributed by atoms with Gasteiger partial charge in [-0.05, 0) is 67.8 Å². The summed E-state index contributed by atoms with van der Waals surface area (Å²) in [5.74, 6) is 1.47. The fourth-order valence-electron chi connectivity index (χ4n) is 7.75.